The smallest absolute Gasteiger partial charge is 0.319 e. The van der Waals surface area contributed by atoms with E-state index >= 15 is 4.39 Å². The monoisotopic (exact) mass is 659 g/mol. The second-order valence-electron chi connectivity index (χ2n) is 12.7. The van der Waals surface area contributed by atoms with Crippen molar-refractivity contribution in [3.8, 4) is 17.3 Å². The van der Waals surface area contributed by atoms with Crippen LogP contribution in [0.25, 0.3) is 32.9 Å². The first-order chi connectivity index (χ1) is 20.5. The second kappa shape index (κ2) is 12.4. The fraction of sp³-hybridized carbons (Fsp3) is 0.485. The molecule has 2 aromatic carbocycles. The highest BCUT2D eigenvalue weighted by molar-refractivity contribution is 6.36. The van der Waals surface area contributed by atoms with Crippen molar-refractivity contribution in [2.75, 3.05) is 44.8 Å². The van der Waals surface area contributed by atoms with Crippen LogP contribution in [0.15, 0.2) is 42.6 Å². The van der Waals surface area contributed by atoms with Crippen LogP contribution in [-0.2, 0) is 4.74 Å². The van der Waals surface area contributed by atoms with Gasteiger partial charge < -0.3 is 14.4 Å². The van der Waals surface area contributed by atoms with Gasteiger partial charge in [0.2, 0.25) is 0 Å². The Hall–Kier alpha value is -2.49. The third kappa shape index (κ3) is 5.26. The summed E-state index contributed by atoms with van der Waals surface area (Å²) < 4.78 is 28.8. The molecule has 11 heteroatoms. The topological polar surface area (TPSA) is 63.6 Å². The Morgan fingerprint density at radius 3 is 2.59 bits per heavy atom. The number of hydrogen-bond donors (Lipinski definition) is 0. The molecule has 2 aromatic heterocycles. The summed E-state index contributed by atoms with van der Waals surface area (Å²) in [4.78, 5) is 19.2. The molecule has 0 N–H and O–H groups in total. The van der Waals surface area contributed by atoms with Crippen molar-refractivity contribution in [2.45, 2.75) is 50.2 Å². The van der Waals surface area contributed by atoms with Crippen molar-refractivity contribution in [1.82, 2.24) is 19.9 Å². The Balaban J connectivity index is 0.00000171. The molecule has 0 spiro atoms. The van der Waals surface area contributed by atoms with Crippen LogP contribution in [0.2, 0.25) is 5.02 Å². The van der Waals surface area contributed by atoms with E-state index in [-0.39, 0.29) is 53.7 Å². The number of rotatable bonds is 6. The summed E-state index contributed by atoms with van der Waals surface area (Å²) in [5.74, 6) is 1.53. The van der Waals surface area contributed by atoms with Gasteiger partial charge in [-0.15, -0.1) is 24.8 Å². The summed E-state index contributed by atoms with van der Waals surface area (Å²) >= 11 is 6.62. The molecule has 1 saturated carbocycles. The van der Waals surface area contributed by atoms with Crippen molar-refractivity contribution in [3.63, 3.8) is 0 Å². The molecule has 2 unspecified atom stereocenters. The summed E-state index contributed by atoms with van der Waals surface area (Å²) in [5.41, 5.74) is 1.03. The van der Waals surface area contributed by atoms with E-state index in [9.17, 15) is 0 Å². The molecule has 0 amide bonds. The molecule has 4 aliphatic rings. The number of methoxy groups -OCH3 is 1. The molecular weight excluding hydrogens is 624 g/mol. The van der Waals surface area contributed by atoms with Crippen molar-refractivity contribution >= 4 is 63.9 Å². The van der Waals surface area contributed by atoms with Gasteiger partial charge in [-0.1, -0.05) is 41.9 Å². The number of fused-ring (bicyclic) bond motifs is 5. The molecule has 5 heterocycles. The van der Waals surface area contributed by atoms with Crippen molar-refractivity contribution in [2.24, 2.45) is 11.8 Å². The van der Waals surface area contributed by atoms with Crippen LogP contribution < -0.4 is 9.64 Å². The number of anilines is 1. The molecular formula is C33H37Cl3FN5O2. The predicted octanol–water partition coefficient (Wildman–Crippen LogP) is 7.35. The van der Waals surface area contributed by atoms with E-state index in [2.05, 4.69) is 14.8 Å². The summed E-state index contributed by atoms with van der Waals surface area (Å²) in [6, 6.07) is 11.7. The Bertz CT molecular complexity index is 1680. The molecule has 7 nitrogen and oxygen atoms in total. The summed E-state index contributed by atoms with van der Waals surface area (Å²) in [6.45, 7) is 4.25. The zero-order valence-corrected chi connectivity index (χ0v) is 27.1. The lowest BCUT2D eigenvalue weighted by molar-refractivity contribution is 0.0997. The number of nitrogens with zero attached hydrogens (tertiary/aromatic N) is 5. The molecule has 44 heavy (non-hydrogen) atoms. The van der Waals surface area contributed by atoms with Crippen molar-refractivity contribution in [1.29, 1.82) is 0 Å². The zero-order valence-electron chi connectivity index (χ0n) is 24.7. The third-order valence-electron chi connectivity index (χ3n) is 10.2. The average Bonchev–Trinajstić information content (AvgIpc) is 3.67. The third-order valence-corrected chi connectivity index (χ3v) is 10.5. The fourth-order valence-electron chi connectivity index (χ4n) is 8.21. The number of hydrogen-bond acceptors (Lipinski definition) is 7. The minimum atomic E-state index is -0.477. The molecule has 2 bridgehead atoms. The van der Waals surface area contributed by atoms with E-state index in [0.29, 0.717) is 34.4 Å². The van der Waals surface area contributed by atoms with Gasteiger partial charge in [-0.2, -0.15) is 9.97 Å². The maximum atomic E-state index is 16.7. The van der Waals surface area contributed by atoms with E-state index in [4.69, 9.17) is 31.0 Å². The van der Waals surface area contributed by atoms with Gasteiger partial charge in [-0.25, -0.2) is 4.39 Å². The molecule has 4 aromatic rings. The highest BCUT2D eigenvalue weighted by Gasteiger charge is 2.49. The molecule has 3 aliphatic heterocycles. The van der Waals surface area contributed by atoms with E-state index < -0.39 is 5.82 Å². The van der Waals surface area contributed by atoms with Gasteiger partial charge in [0.05, 0.1) is 17.0 Å². The Morgan fingerprint density at radius 1 is 1.05 bits per heavy atom. The summed E-state index contributed by atoms with van der Waals surface area (Å²) in [6.07, 6.45) is 8.78. The van der Waals surface area contributed by atoms with Crippen LogP contribution >= 0.6 is 36.4 Å². The fourth-order valence-corrected chi connectivity index (χ4v) is 8.50. The Morgan fingerprint density at radius 2 is 1.82 bits per heavy atom. The van der Waals surface area contributed by atoms with Gasteiger partial charge in [0.25, 0.3) is 0 Å². The van der Waals surface area contributed by atoms with Crippen LogP contribution in [0.5, 0.6) is 6.01 Å². The van der Waals surface area contributed by atoms with Gasteiger partial charge in [0.1, 0.15) is 23.6 Å². The number of benzene rings is 2. The van der Waals surface area contributed by atoms with Crippen LogP contribution in [0.1, 0.15) is 38.5 Å². The van der Waals surface area contributed by atoms with E-state index in [1.165, 1.54) is 19.3 Å². The summed E-state index contributed by atoms with van der Waals surface area (Å²) in [7, 11) is 1.78. The Labute approximate surface area is 274 Å². The maximum Gasteiger partial charge on any atom is 0.319 e. The molecule has 4 atom stereocenters. The first kappa shape index (κ1) is 31.5. The number of aromatic nitrogens is 3. The van der Waals surface area contributed by atoms with Crippen molar-refractivity contribution < 1.29 is 13.9 Å². The highest BCUT2D eigenvalue weighted by Crippen LogP contribution is 2.43. The SMILES string of the molecule is CO[C@@H]1CN2CCC[C@]2(COc2nc(N3CC4CCC(C4)C3)c3cnc(-c4cccc5cccc(Cl)c45)c(F)c3n2)C1.Cl.Cl. The molecule has 3 saturated heterocycles. The van der Waals surface area contributed by atoms with Gasteiger partial charge in [0.15, 0.2) is 5.82 Å². The molecule has 8 rings (SSSR count). The van der Waals surface area contributed by atoms with Gasteiger partial charge in [-0.3, -0.25) is 9.88 Å². The summed E-state index contributed by atoms with van der Waals surface area (Å²) in [5, 5.41) is 2.90. The Kier molecular flexibility index (Phi) is 8.85. The lowest BCUT2D eigenvalue weighted by Gasteiger charge is -2.34. The maximum absolute atomic E-state index is 16.7. The normalized spacial score (nSPS) is 26.1. The first-order valence-corrected chi connectivity index (χ1v) is 15.6. The van der Waals surface area contributed by atoms with E-state index in [1.54, 1.807) is 13.3 Å². The van der Waals surface area contributed by atoms with Crippen LogP contribution in [0.3, 0.4) is 0 Å². The van der Waals surface area contributed by atoms with Crippen LogP contribution in [-0.4, -0.2) is 71.4 Å². The lowest BCUT2D eigenvalue weighted by Crippen LogP contribution is -2.43. The van der Waals surface area contributed by atoms with Gasteiger partial charge in [0, 0.05) is 48.9 Å². The second-order valence-corrected chi connectivity index (χ2v) is 13.1. The van der Waals surface area contributed by atoms with E-state index in [1.807, 2.05) is 36.4 Å². The molecule has 0 radical (unpaired) electrons. The quantitative estimate of drug-likeness (QED) is 0.214. The highest BCUT2D eigenvalue weighted by atomic mass is 35.5. The molecule has 234 valence electrons. The molecule has 1 aliphatic carbocycles. The first-order valence-electron chi connectivity index (χ1n) is 15.2. The lowest BCUT2D eigenvalue weighted by atomic mass is 9.94. The molecule has 4 fully saturated rings. The zero-order chi connectivity index (χ0) is 28.4. The minimum Gasteiger partial charge on any atom is -0.461 e. The number of pyridine rings is 1. The van der Waals surface area contributed by atoms with Crippen molar-refractivity contribution in [3.05, 3.63) is 53.4 Å². The predicted molar refractivity (Wildman–Crippen MR) is 177 cm³/mol. The minimum absolute atomic E-state index is 0. The number of piperidine rings is 1. The van der Waals surface area contributed by atoms with Gasteiger partial charge >= 0.3 is 6.01 Å². The largest absolute Gasteiger partial charge is 0.461 e. The van der Waals surface area contributed by atoms with Crippen LogP contribution in [0, 0.1) is 17.7 Å². The number of halogens is 4. The van der Waals surface area contributed by atoms with Gasteiger partial charge in [-0.05, 0) is 68.4 Å². The van der Waals surface area contributed by atoms with Crippen LogP contribution in [0.4, 0.5) is 10.2 Å². The number of ether oxygens (including phenoxy) is 2. The standard InChI is InChI=1S/C33H35ClFN5O2.2ClH/c1-41-23-14-33(11-4-12-40(33)18-23)19-42-32-37-30-25(31(38-32)39-16-20-9-10-21(13-20)17-39)15-36-29(28(30)35)24-7-2-5-22-6-3-8-26(34)27(22)24;;/h2-3,5-8,15,20-21,23H,4,9-14,16-19H2,1H3;2*1H/t20?,21?,23-,33+;;/m0../s1. The van der Waals surface area contributed by atoms with E-state index in [0.717, 1.165) is 62.0 Å². The average molecular weight is 661 g/mol.